The SMILES string of the molecule is CC(C)(C)C(=O)O[C@@H]1CCc2c1cc(Cl)cc2S(=O)(=O)Nc1ccc(F)c(Br)c1F. The van der Waals surface area contributed by atoms with Crippen molar-refractivity contribution in [3.8, 4) is 0 Å². The Morgan fingerprint density at radius 2 is 1.93 bits per heavy atom. The molecule has 0 aliphatic heterocycles. The van der Waals surface area contributed by atoms with Gasteiger partial charge in [0.2, 0.25) is 0 Å². The molecule has 1 aliphatic carbocycles. The molecule has 5 nitrogen and oxygen atoms in total. The van der Waals surface area contributed by atoms with E-state index in [4.69, 9.17) is 16.3 Å². The maximum absolute atomic E-state index is 14.3. The van der Waals surface area contributed by atoms with Gasteiger partial charge in [0.15, 0.2) is 5.82 Å². The molecule has 0 bridgehead atoms. The molecule has 0 amide bonds. The van der Waals surface area contributed by atoms with Crippen molar-refractivity contribution in [1.82, 2.24) is 0 Å². The van der Waals surface area contributed by atoms with Crippen LogP contribution in [0, 0.1) is 17.0 Å². The Bertz CT molecular complexity index is 1130. The van der Waals surface area contributed by atoms with Gasteiger partial charge < -0.3 is 4.74 Å². The van der Waals surface area contributed by atoms with E-state index < -0.39 is 49.3 Å². The van der Waals surface area contributed by atoms with E-state index in [0.717, 1.165) is 12.1 Å². The molecule has 1 aliphatic rings. The second kappa shape index (κ2) is 8.09. The number of halogens is 4. The van der Waals surface area contributed by atoms with Crippen molar-refractivity contribution in [2.75, 3.05) is 4.72 Å². The highest BCUT2D eigenvalue weighted by Crippen LogP contribution is 2.41. The number of esters is 1. The second-order valence-corrected chi connectivity index (χ2v) is 10.9. The fourth-order valence-electron chi connectivity index (χ4n) is 3.09. The molecular weight excluding hydrogens is 504 g/mol. The second-order valence-electron chi connectivity index (χ2n) is 7.98. The zero-order chi connectivity index (χ0) is 22.4. The van der Waals surface area contributed by atoms with Crippen molar-refractivity contribution < 1.29 is 26.7 Å². The van der Waals surface area contributed by atoms with E-state index in [1.807, 2.05) is 0 Å². The number of fused-ring (bicyclic) bond motifs is 1. The van der Waals surface area contributed by atoms with Gasteiger partial charge in [-0.3, -0.25) is 9.52 Å². The summed E-state index contributed by atoms with van der Waals surface area (Å²) in [5, 5.41) is 0.133. The molecule has 1 atom stereocenters. The largest absolute Gasteiger partial charge is 0.457 e. The summed E-state index contributed by atoms with van der Waals surface area (Å²) in [5.41, 5.74) is -0.183. The Kier molecular flexibility index (Phi) is 6.19. The number of nitrogens with one attached hydrogen (secondary N) is 1. The van der Waals surface area contributed by atoms with Gasteiger partial charge in [0.25, 0.3) is 10.0 Å². The molecule has 2 aromatic carbocycles. The maximum atomic E-state index is 14.3. The fraction of sp³-hybridized carbons (Fsp3) is 0.350. The third kappa shape index (κ3) is 4.48. The molecule has 3 rings (SSSR count). The Balaban J connectivity index is 1.99. The molecule has 0 fully saturated rings. The number of rotatable bonds is 4. The lowest BCUT2D eigenvalue weighted by Crippen LogP contribution is -2.24. The van der Waals surface area contributed by atoms with Crippen molar-refractivity contribution in [2.45, 2.75) is 44.6 Å². The summed E-state index contributed by atoms with van der Waals surface area (Å²) in [6.45, 7) is 5.16. The first-order chi connectivity index (χ1) is 13.8. The molecule has 0 aromatic heterocycles. The van der Waals surface area contributed by atoms with Gasteiger partial charge >= 0.3 is 5.97 Å². The average Bonchev–Trinajstić information content (AvgIpc) is 3.03. The van der Waals surface area contributed by atoms with Gasteiger partial charge in [-0.25, -0.2) is 17.2 Å². The Hall–Kier alpha value is -1.71. The van der Waals surface area contributed by atoms with E-state index in [0.29, 0.717) is 24.0 Å². The molecule has 1 N–H and O–H groups in total. The molecule has 162 valence electrons. The summed E-state index contributed by atoms with van der Waals surface area (Å²) in [6.07, 6.45) is 0.104. The van der Waals surface area contributed by atoms with Crippen LogP contribution in [0.3, 0.4) is 0 Å². The normalized spacial score (nSPS) is 16.3. The first-order valence-electron chi connectivity index (χ1n) is 9.01. The number of ether oxygens (including phenoxy) is 1. The van der Waals surface area contributed by atoms with Gasteiger partial charge in [-0.05, 0) is 84.9 Å². The van der Waals surface area contributed by atoms with Gasteiger partial charge in [-0.15, -0.1) is 0 Å². The van der Waals surface area contributed by atoms with E-state index in [-0.39, 0.29) is 9.92 Å². The van der Waals surface area contributed by atoms with Crippen LogP contribution in [-0.4, -0.2) is 14.4 Å². The van der Waals surface area contributed by atoms with Gasteiger partial charge in [-0.2, -0.15) is 0 Å². The van der Waals surface area contributed by atoms with Crippen molar-refractivity contribution in [3.63, 3.8) is 0 Å². The minimum Gasteiger partial charge on any atom is -0.457 e. The summed E-state index contributed by atoms with van der Waals surface area (Å²) in [6, 6.07) is 4.76. The predicted molar refractivity (Wildman–Crippen MR) is 113 cm³/mol. The molecule has 0 spiro atoms. The van der Waals surface area contributed by atoms with E-state index in [9.17, 15) is 22.0 Å². The molecule has 30 heavy (non-hydrogen) atoms. The smallest absolute Gasteiger partial charge is 0.311 e. The molecular formula is C20H19BrClF2NO4S. The highest BCUT2D eigenvalue weighted by Gasteiger charge is 2.35. The maximum Gasteiger partial charge on any atom is 0.311 e. The zero-order valence-electron chi connectivity index (χ0n) is 16.4. The van der Waals surface area contributed by atoms with Gasteiger partial charge in [0, 0.05) is 5.02 Å². The van der Waals surface area contributed by atoms with Crippen LogP contribution >= 0.6 is 27.5 Å². The number of anilines is 1. The van der Waals surface area contributed by atoms with Crippen molar-refractivity contribution in [3.05, 3.63) is 56.5 Å². The molecule has 2 aromatic rings. The summed E-state index contributed by atoms with van der Waals surface area (Å²) in [7, 11) is -4.25. The Morgan fingerprint density at radius 1 is 1.27 bits per heavy atom. The lowest BCUT2D eigenvalue weighted by Gasteiger charge is -2.21. The Morgan fingerprint density at radius 3 is 2.57 bits per heavy atom. The molecule has 0 saturated carbocycles. The van der Waals surface area contributed by atoms with Crippen LogP contribution in [0.2, 0.25) is 5.02 Å². The highest BCUT2D eigenvalue weighted by atomic mass is 79.9. The minimum atomic E-state index is -4.25. The lowest BCUT2D eigenvalue weighted by atomic mass is 9.97. The predicted octanol–water partition coefficient (Wildman–Crippen LogP) is 5.76. The topological polar surface area (TPSA) is 72.5 Å². The van der Waals surface area contributed by atoms with Crippen molar-refractivity contribution in [2.24, 2.45) is 5.41 Å². The van der Waals surface area contributed by atoms with Crippen LogP contribution in [0.1, 0.15) is 44.4 Å². The van der Waals surface area contributed by atoms with E-state index >= 15 is 0 Å². The number of sulfonamides is 1. The summed E-state index contributed by atoms with van der Waals surface area (Å²) in [5.74, 6) is -2.35. The number of carbonyl (C=O) groups excluding carboxylic acids is 1. The van der Waals surface area contributed by atoms with Crippen LogP contribution in [0.15, 0.2) is 33.6 Å². The van der Waals surface area contributed by atoms with E-state index in [1.165, 1.54) is 6.07 Å². The Labute approximate surface area is 186 Å². The highest BCUT2D eigenvalue weighted by molar-refractivity contribution is 9.10. The minimum absolute atomic E-state index is 0.133. The third-order valence-corrected chi connectivity index (χ3v) is 7.02. The van der Waals surface area contributed by atoms with Crippen LogP contribution < -0.4 is 4.72 Å². The number of hydrogen-bond acceptors (Lipinski definition) is 4. The van der Waals surface area contributed by atoms with Crippen LogP contribution in [0.4, 0.5) is 14.5 Å². The first-order valence-corrected chi connectivity index (χ1v) is 11.7. The molecule has 10 heteroatoms. The van der Waals surface area contributed by atoms with E-state index in [2.05, 4.69) is 20.7 Å². The summed E-state index contributed by atoms with van der Waals surface area (Å²) >= 11 is 8.89. The standard InChI is InChI=1S/C20H19BrClF2NO4S/c1-20(2,3)19(26)29-15-7-4-11-12(15)8-10(22)9-16(11)30(27,28)25-14-6-5-13(23)17(21)18(14)24/h5-6,8-9,15,25H,4,7H2,1-3H3/t15-/m1/s1. The third-order valence-electron chi connectivity index (χ3n) is 4.64. The average molecular weight is 523 g/mol. The quantitative estimate of drug-likeness (QED) is 0.409. The fourth-order valence-corrected chi connectivity index (χ4v) is 5.11. The number of carbonyl (C=O) groups is 1. The van der Waals surface area contributed by atoms with Crippen LogP contribution in [-0.2, 0) is 26.0 Å². The van der Waals surface area contributed by atoms with Crippen LogP contribution in [0.5, 0.6) is 0 Å². The summed E-state index contributed by atoms with van der Waals surface area (Å²) in [4.78, 5) is 12.1. The number of benzene rings is 2. The van der Waals surface area contributed by atoms with Crippen molar-refractivity contribution >= 4 is 49.2 Å². The van der Waals surface area contributed by atoms with E-state index in [1.54, 1.807) is 26.8 Å². The molecule has 0 heterocycles. The lowest BCUT2D eigenvalue weighted by molar-refractivity contribution is -0.158. The van der Waals surface area contributed by atoms with Crippen molar-refractivity contribution in [1.29, 1.82) is 0 Å². The van der Waals surface area contributed by atoms with Gasteiger partial charge in [0.05, 0.1) is 20.5 Å². The zero-order valence-corrected chi connectivity index (χ0v) is 19.5. The molecule has 0 saturated heterocycles. The molecule has 0 radical (unpaired) electrons. The summed E-state index contributed by atoms with van der Waals surface area (Å²) < 4.78 is 61.0. The van der Waals surface area contributed by atoms with Crippen LogP contribution in [0.25, 0.3) is 0 Å². The first kappa shape index (κ1) is 23.0. The van der Waals surface area contributed by atoms with Gasteiger partial charge in [-0.1, -0.05) is 11.6 Å². The number of hydrogen-bond donors (Lipinski definition) is 1. The monoisotopic (exact) mass is 521 g/mol. The van der Waals surface area contributed by atoms with Gasteiger partial charge in [0.1, 0.15) is 11.9 Å². The molecule has 0 unspecified atom stereocenters.